The van der Waals surface area contributed by atoms with Crippen molar-refractivity contribution in [3.63, 3.8) is 0 Å². The Morgan fingerprint density at radius 3 is 1.92 bits per heavy atom. The summed E-state index contributed by atoms with van der Waals surface area (Å²) in [7, 11) is 0. The number of aromatic nitrogens is 1. The van der Waals surface area contributed by atoms with Gasteiger partial charge in [-0.15, -0.1) is 0 Å². The van der Waals surface area contributed by atoms with Crippen LogP contribution in [0.3, 0.4) is 0 Å². The fraction of sp³-hybridized carbons (Fsp3) is 0.545. The number of nitrogens with zero attached hydrogens (tertiary/aromatic N) is 1. The smallest absolute Gasteiger partial charge is 0.303 e. The van der Waals surface area contributed by atoms with Crippen molar-refractivity contribution in [1.29, 1.82) is 0 Å². The van der Waals surface area contributed by atoms with E-state index < -0.39 is 5.97 Å². The summed E-state index contributed by atoms with van der Waals surface area (Å²) in [5.74, 6) is 11.4. The zero-order valence-corrected chi connectivity index (χ0v) is 16.3. The summed E-state index contributed by atoms with van der Waals surface area (Å²) in [6, 6.07) is 6.13. The van der Waals surface area contributed by atoms with Gasteiger partial charge in [-0.25, -0.2) is 4.57 Å². The van der Waals surface area contributed by atoms with E-state index >= 15 is 0 Å². The van der Waals surface area contributed by atoms with Gasteiger partial charge in [-0.3, -0.25) is 4.79 Å². The molecule has 0 amide bonds. The van der Waals surface area contributed by atoms with Gasteiger partial charge in [-0.1, -0.05) is 43.6 Å². The highest BCUT2D eigenvalue weighted by Gasteiger charge is 1.96. The lowest BCUT2D eigenvalue weighted by atomic mass is 10.1. The number of pyridine rings is 1. The van der Waals surface area contributed by atoms with Gasteiger partial charge in [-0.2, -0.15) is 0 Å². The highest BCUT2D eigenvalue weighted by molar-refractivity contribution is 5.66. The van der Waals surface area contributed by atoms with Gasteiger partial charge < -0.3 is 17.5 Å². The Labute approximate surface area is 164 Å². The van der Waals surface area contributed by atoms with Crippen LogP contribution in [0.2, 0.25) is 0 Å². The SMILES string of the molecule is O=C(O)CCCCCCCCC#CC#CCCCC[n+]1ccccc1.[Cl-]. The first-order valence-corrected chi connectivity index (χ1v) is 9.40. The van der Waals surface area contributed by atoms with Gasteiger partial charge in [0.2, 0.25) is 0 Å². The van der Waals surface area contributed by atoms with E-state index in [1.54, 1.807) is 0 Å². The molecule has 142 valence electrons. The molecule has 0 aliphatic heterocycles. The molecule has 0 saturated carbocycles. The van der Waals surface area contributed by atoms with E-state index in [9.17, 15) is 4.79 Å². The van der Waals surface area contributed by atoms with Crippen molar-refractivity contribution in [3.05, 3.63) is 30.6 Å². The average molecular weight is 376 g/mol. The summed E-state index contributed by atoms with van der Waals surface area (Å²) >= 11 is 0. The maximum atomic E-state index is 10.4. The molecule has 1 rings (SSSR count). The minimum absolute atomic E-state index is 0. The minimum atomic E-state index is -0.688. The Kier molecular flexibility index (Phi) is 16.5. The molecule has 26 heavy (non-hydrogen) atoms. The van der Waals surface area contributed by atoms with Crippen LogP contribution < -0.4 is 17.0 Å². The molecular weight excluding hydrogens is 346 g/mol. The Morgan fingerprint density at radius 2 is 1.31 bits per heavy atom. The van der Waals surface area contributed by atoms with E-state index in [0.717, 1.165) is 57.9 Å². The van der Waals surface area contributed by atoms with Gasteiger partial charge in [0.05, 0.1) is 0 Å². The predicted molar refractivity (Wildman–Crippen MR) is 101 cm³/mol. The van der Waals surface area contributed by atoms with Crippen LogP contribution in [0.1, 0.15) is 70.6 Å². The number of carbonyl (C=O) groups is 1. The molecular formula is C22H30ClNO2. The highest BCUT2D eigenvalue weighted by atomic mass is 35.5. The summed E-state index contributed by atoms with van der Waals surface area (Å²) in [4.78, 5) is 10.4. The van der Waals surface area contributed by atoms with Crippen molar-refractivity contribution < 1.29 is 26.9 Å². The average Bonchev–Trinajstić information content (AvgIpc) is 2.62. The number of unbranched alkanes of at least 4 members (excludes halogenated alkanes) is 8. The second kappa shape index (κ2) is 17.8. The molecule has 1 N–H and O–H groups in total. The van der Waals surface area contributed by atoms with Crippen LogP contribution in [0.25, 0.3) is 0 Å². The molecule has 1 aromatic heterocycles. The van der Waals surface area contributed by atoms with Crippen LogP contribution >= 0.6 is 0 Å². The van der Waals surface area contributed by atoms with Crippen LogP contribution in [0, 0.1) is 23.7 Å². The van der Waals surface area contributed by atoms with Crippen molar-refractivity contribution in [2.24, 2.45) is 0 Å². The summed E-state index contributed by atoms with van der Waals surface area (Å²) in [6.07, 6.45) is 15.0. The molecule has 0 aliphatic carbocycles. The van der Waals surface area contributed by atoms with Gasteiger partial charge in [0.1, 0.15) is 6.54 Å². The maximum Gasteiger partial charge on any atom is 0.303 e. The Morgan fingerprint density at radius 1 is 0.769 bits per heavy atom. The van der Waals surface area contributed by atoms with Gasteiger partial charge in [0, 0.05) is 37.8 Å². The lowest BCUT2D eigenvalue weighted by Gasteiger charge is -1.98. The van der Waals surface area contributed by atoms with E-state index in [1.165, 1.54) is 12.8 Å². The highest BCUT2D eigenvalue weighted by Crippen LogP contribution is 2.08. The molecule has 3 nitrogen and oxygen atoms in total. The third-order valence-corrected chi connectivity index (χ3v) is 3.93. The lowest BCUT2D eigenvalue weighted by molar-refractivity contribution is -0.697. The normalized spacial score (nSPS) is 9.23. The predicted octanol–water partition coefficient (Wildman–Crippen LogP) is 1.36. The van der Waals surface area contributed by atoms with Crippen molar-refractivity contribution in [2.45, 2.75) is 77.2 Å². The fourth-order valence-electron chi connectivity index (χ4n) is 2.50. The van der Waals surface area contributed by atoms with Crippen LogP contribution in [0.4, 0.5) is 0 Å². The number of aryl methyl sites for hydroxylation is 1. The lowest BCUT2D eigenvalue weighted by Crippen LogP contribution is -3.00. The molecule has 4 heteroatoms. The largest absolute Gasteiger partial charge is 1.00 e. The Hall–Kier alpha value is -1.97. The molecule has 0 saturated heterocycles. The number of aliphatic carboxylic acids is 1. The second-order valence-electron chi connectivity index (χ2n) is 6.19. The van der Waals surface area contributed by atoms with Crippen LogP contribution in [-0.2, 0) is 11.3 Å². The molecule has 0 fully saturated rings. The van der Waals surface area contributed by atoms with Gasteiger partial charge in [0.15, 0.2) is 12.4 Å². The first-order valence-electron chi connectivity index (χ1n) is 9.40. The molecule has 1 aromatic rings. The fourth-order valence-corrected chi connectivity index (χ4v) is 2.50. The third-order valence-electron chi connectivity index (χ3n) is 3.93. The first-order chi connectivity index (χ1) is 12.3. The summed E-state index contributed by atoms with van der Waals surface area (Å²) in [5, 5.41) is 8.54. The maximum absolute atomic E-state index is 10.4. The van der Waals surface area contributed by atoms with Gasteiger partial charge >= 0.3 is 5.97 Å². The van der Waals surface area contributed by atoms with Crippen LogP contribution in [-0.4, -0.2) is 11.1 Å². The zero-order valence-electron chi connectivity index (χ0n) is 15.6. The Bertz CT molecular complexity index is 593. The minimum Gasteiger partial charge on any atom is -1.00 e. The van der Waals surface area contributed by atoms with E-state index in [0.29, 0.717) is 6.42 Å². The van der Waals surface area contributed by atoms with Gasteiger partial charge in [0.25, 0.3) is 0 Å². The van der Waals surface area contributed by atoms with Gasteiger partial charge in [-0.05, 0) is 31.1 Å². The standard InChI is InChI=1S/C22H29NO2.ClH/c24-22(25)18-14-11-9-7-5-3-1-2-4-6-8-10-12-15-19-23-20-16-13-17-21-23;/h13,16-17,20-21H,1,3,5,7,9-12,14-15,18-19H2;1H. The third kappa shape index (κ3) is 15.6. The number of hydrogen-bond donors (Lipinski definition) is 1. The monoisotopic (exact) mass is 375 g/mol. The molecule has 0 unspecified atom stereocenters. The number of carboxylic acids is 1. The molecule has 1 heterocycles. The number of hydrogen-bond acceptors (Lipinski definition) is 1. The number of carboxylic acid groups (broad SMARTS) is 1. The second-order valence-corrected chi connectivity index (χ2v) is 6.19. The van der Waals surface area contributed by atoms with Crippen LogP contribution in [0.15, 0.2) is 30.6 Å². The molecule has 0 aromatic carbocycles. The molecule has 0 spiro atoms. The molecule has 0 aliphatic rings. The molecule has 0 atom stereocenters. The van der Waals surface area contributed by atoms with E-state index in [-0.39, 0.29) is 12.4 Å². The van der Waals surface area contributed by atoms with Crippen molar-refractivity contribution >= 4 is 5.97 Å². The molecule has 0 radical (unpaired) electrons. The van der Waals surface area contributed by atoms with Crippen molar-refractivity contribution in [2.75, 3.05) is 0 Å². The summed E-state index contributed by atoms with van der Waals surface area (Å²) in [5.41, 5.74) is 0. The van der Waals surface area contributed by atoms with Crippen LogP contribution in [0.5, 0.6) is 0 Å². The summed E-state index contributed by atoms with van der Waals surface area (Å²) < 4.78 is 2.19. The number of halogens is 1. The van der Waals surface area contributed by atoms with E-state index in [4.69, 9.17) is 5.11 Å². The Balaban J connectivity index is 0.00000625. The molecule has 0 bridgehead atoms. The van der Waals surface area contributed by atoms with Crippen molar-refractivity contribution in [1.82, 2.24) is 0 Å². The van der Waals surface area contributed by atoms with Crippen molar-refractivity contribution in [3.8, 4) is 23.7 Å². The zero-order chi connectivity index (χ0) is 18.0. The number of rotatable bonds is 12. The van der Waals surface area contributed by atoms with E-state index in [2.05, 4.69) is 52.8 Å². The van der Waals surface area contributed by atoms with E-state index in [1.807, 2.05) is 6.07 Å². The first kappa shape index (κ1) is 24.0. The quantitative estimate of drug-likeness (QED) is 0.340. The topological polar surface area (TPSA) is 41.2 Å². The summed E-state index contributed by atoms with van der Waals surface area (Å²) in [6.45, 7) is 1.05.